The number of halogens is 3. The summed E-state index contributed by atoms with van der Waals surface area (Å²) in [4.78, 5) is 12.1. The van der Waals surface area contributed by atoms with Gasteiger partial charge in [-0.1, -0.05) is 19.3 Å². The molecule has 1 aliphatic rings. The molecule has 116 valence electrons. The van der Waals surface area contributed by atoms with Gasteiger partial charge in [0.25, 0.3) is 5.91 Å². The van der Waals surface area contributed by atoms with Crippen LogP contribution in [0.3, 0.4) is 0 Å². The number of amides is 1. The molecule has 1 fully saturated rings. The Labute approximate surface area is 121 Å². The second kappa shape index (κ2) is 6.47. The highest BCUT2D eigenvalue weighted by molar-refractivity contribution is 5.94. The van der Waals surface area contributed by atoms with E-state index >= 15 is 0 Å². The van der Waals surface area contributed by atoms with E-state index in [4.69, 9.17) is 5.73 Å². The van der Waals surface area contributed by atoms with Crippen molar-refractivity contribution < 1.29 is 18.0 Å². The predicted molar refractivity (Wildman–Crippen MR) is 73.8 cm³/mol. The van der Waals surface area contributed by atoms with E-state index in [1.165, 1.54) is 12.1 Å². The summed E-state index contributed by atoms with van der Waals surface area (Å²) in [7, 11) is 0. The van der Waals surface area contributed by atoms with E-state index in [1.54, 1.807) is 0 Å². The third-order valence-electron chi connectivity index (χ3n) is 3.86. The van der Waals surface area contributed by atoms with E-state index in [-0.39, 0.29) is 23.6 Å². The van der Waals surface area contributed by atoms with Crippen molar-refractivity contribution >= 4 is 5.91 Å². The van der Waals surface area contributed by atoms with Crippen molar-refractivity contribution in [1.82, 2.24) is 5.32 Å². The number of nitrogens with one attached hydrogen (secondary N) is 1. The van der Waals surface area contributed by atoms with Crippen LogP contribution in [0.5, 0.6) is 0 Å². The molecule has 0 saturated heterocycles. The fourth-order valence-corrected chi connectivity index (χ4v) is 2.58. The summed E-state index contributed by atoms with van der Waals surface area (Å²) in [5.41, 5.74) is 5.49. The topological polar surface area (TPSA) is 55.1 Å². The fourth-order valence-electron chi connectivity index (χ4n) is 2.58. The molecule has 0 bridgehead atoms. The van der Waals surface area contributed by atoms with Crippen LogP contribution in [0.25, 0.3) is 0 Å². The normalized spacial score (nSPS) is 23.4. The number of carbonyl (C=O) groups excluding carboxylic acids is 1. The zero-order valence-corrected chi connectivity index (χ0v) is 11.6. The molecule has 2 unspecified atom stereocenters. The van der Waals surface area contributed by atoms with Crippen LogP contribution in [-0.2, 0) is 6.18 Å². The minimum atomic E-state index is -4.39. The number of rotatable bonds is 2. The number of alkyl halides is 3. The Morgan fingerprint density at radius 3 is 2.33 bits per heavy atom. The Morgan fingerprint density at radius 2 is 1.71 bits per heavy atom. The first-order valence-corrected chi connectivity index (χ1v) is 7.11. The van der Waals surface area contributed by atoms with Crippen molar-refractivity contribution in [3.8, 4) is 0 Å². The van der Waals surface area contributed by atoms with E-state index in [9.17, 15) is 18.0 Å². The van der Waals surface area contributed by atoms with Gasteiger partial charge in [-0.3, -0.25) is 4.79 Å². The van der Waals surface area contributed by atoms with Crippen molar-refractivity contribution in [1.29, 1.82) is 0 Å². The monoisotopic (exact) mass is 300 g/mol. The second-order valence-corrected chi connectivity index (χ2v) is 5.46. The van der Waals surface area contributed by atoms with Crippen molar-refractivity contribution in [2.75, 3.05) is 0 Å². The molecule has 6 heteroatoms. The molecule has 1 saturated carbocycles. The third-order valence-corrected chi connectivity index (χ3v) is 3.86. The van der Waals surface area contributed by atoms with Crippen LogP contribution >= 0.6 is 0 Å². The van der Waals surface area contributed by atoms with Crippen molar-refractivity contribution in [3.63, 3.8) is 0 Å². The standard InChI is InChI=1S/C15H19F3N2O/c16-15(17,18)11-8-6-10(7-9-11)14(21)20-13-5-3-1-2-4-12(13)19/h6-9,12-13H,1-5,19H2,(H,20,21). The number of hydrogen-bond acceptors (Lipinski definition) is 2. The van der Waals surface area contributed by atoms with Gasteiger partial charge in [-0.2, -0.15) is 13.2 Å². The van der Waals surface area contributed by atoms with Gasteiger partial charge in [-0.15, -0.1) is 0 Å². The SMILES string of the molecule is NC1CCCCCC1NC(=O)c1ccc(C(F)(F)F)cc1. The van der Waals surface area contributed by atoms with Gasteiger partial charge >= 0.3 is 6.18 Å². The zero-order valence-electron chi connectivity index (χ0n) is 11.6. The molecular formula is C15H19F3N2O. The lowest BCUT2D eigenvalue weighted by atomic mass is 10.0. The van der Waals surface area contributed by atoms with Crippen LogP contribution in [0.2, 0.25) is 0 Å². The first kappa shape index (κ1) is 15.8. The maximum Gasteiger partial charge on any atom is 0.416 e. The maximum absolute atomic E-state index is 12.5. The molecule has 0 aromatic heterocycles. The maximum atomic E-state index is 12.5. The Balaban J connectivity index is 2.02. The number of benzene rings is 1. The quantitative estimate of drug-likeness (QED) is 0.825. The van der Waals surface area contributed by atoms with Crippen molar-refractivity contribution in [3.05, 3.63) is 35.4 Å². The molecule has 21 heavy (non-hydrogen) atoms. The lowest BCUT2D eigenvalue weighted by Crippen LogP contribution is -2.46. The summed E-state index contributed by atoms with van der Waals surface area (Å²) >= 11 is 0. The Kier molecular flexibility index (Phi) is 4.88. The lowest BCUT2D eigenvalue weighted by molar-refractivity contribution is -0.137. The second-order valence-electron chi connectivity index (χ2n) is 5.46. The molecular weight excluding hydrogens is 281 g/mol. The summed E-state index contributed by atoms with van der Waals surface area (Å²) in [5, 5.41) is 2.84. The van der Waals surface area contributed by atoms with Crippen molar-refractivity contribution in [2.24, 2.45) is 5.73 Å². The van der Waals surface area contributed by atoms with Gasteiger partial charge in [-0.05, 0) is 37.1 Å². The van der Waals surface area contributed by atoms with Gasteiger partial charge in [0.05, 0.1) is 5.56 Å². The Bertz CT molecular complexity index is 485. The summed E-state index contributed by atoms with van der Waals surface area (Å²) < 4.78 is 37.4. The third kappa shape index (κ3) is 4.20. The van der Waals surface area contributed by atoms with Gasteiger partial charge in [0.1, 0.15) is 0 Å². The summed E-state index contributed by atoms with van der Waals surface area (Å²) in [6, 6.07) is 4.03. The van der Waals surface area contributed by atoms with E-state index < -0.39 is 11.7 Å². The molecule has 0 aliphatic heterocycles. The lowest BCUT2D eigenvalue weighted by Gasteiger charge is -2.22. The van der Waals surface area contributed by atoms with Gasteiger partial charge in [0.2, 0.25) is 0 Å². The zero-order chi connectivity index (χ0) is 15.5. The van der Waals surface area contributed by atoms with E-state index in [1.807, 2.05) is 0 Å². The summed E-state index contributed by atoms with van der Waals surface area (Å²) in [5.74, 6) is -0.369. The fraction of sp³-hybridized carbons (Fsp3) is 0.533. The molecule has 1 aromatic carbocycles. The van der Waals surface area contributed by atoms with E-state index in [2.05, 4.69) is 5.32 Å². The average Bonchev–Trinajstić information content (AvgIpc) is 2.63. The minimum Gasteiger partial charge on any atom is -0.348 e. The van der Waals surface area contributed by atoms with Crippen LogP contribution < -0.4 is 11.1 Å². The van der Waals surface area contributed by atoms with Gasteiger partial charge < -0.3 is 11.1 Å². The highest BCUT2D eigenvalue weighted by Crippen LogP contribution is 2.29. The first-order chi connectivity index (χ1) is 9.88. The molecule has 3 nitrogen and oxygen atoms in total. The van der Waals surface area contributed by atoms with Crippen LogP contribution in [0.1, 0.15) is 48.0 Å². The van der Waals surface area contributed by atoms with Crippen LogP contribution in [0.4, 0.5) is 13.2 Å². The molecule has 0 spiro atoms. The van der Waals surface area contributed by atoms with E-state index in [0.717, 1.165) is 44.2 Å². The van der Waals surface area contributed by atoms with Crippen LogP contribution in [-0.4, -0.2) is 18.0 Å². The number of hydrogen-bond donors (Lipinski definition) is 2. The molecule has 1 aliphatic carbocycles. The summed E-state index contributed by atoms with van der Waals surface area (Å²) in [6.07, 6.45) is 0.434. The predicted octanol–water partition coefficient (Wildman–Crippen LogP) is 3.10. The van der Waals surface area contributed by atoms with Crippen molar-refractivity contribution in [2.45, 2.75) is 50.4 Å². The highest BCUT2D eigenvalue weighted by atomic mass is 19.4. The molecule has 2 rings (SSSR count). The molecule has 0 heterocycles. The van der Waals surface area contributed by atoms with E-state index in [0.29, 0.717) is 0 Å². The van der Waals surface area contributed by atoms with Crippen LogP contribution in [0.15, 0.2) is 24.3 Å². The summed E-state index contributed by atoms with van der Waals surface area (Å²) in [6.45, 7) is 0. The van der Waals surface area contributed by atoms with Crippen LogP contribution in [0, 0.1) is 0 Å². The first-order valence-electron chi connectivity index (χ1n) is 7.11. The van der Waals surface area contributed by atoms with Gasteiger partial charge in [-0.25, -0.2) is 0 Å². The minimum absolute atomic E-state index is 0.0918. The Morgan fingerprint density at radius 1 is 1.10 bits per heavy atom. The number of carbonyl (C=O) groups is 1. The highest BCUT2D eigenvalue weighted by Gasteiger charge is 2.30. The number of nitrogens with two attached hydrogens (primary N) is 1. The molecule has 3 N–H and O–H groups in total. The van der Waals surface area contributed by atoms with Gasteiger partial charge in [0.15, 0.2) is 0 Å². The Hall–Kier alpha value is -1.56. The van der Waals surface area contributed by atoms with Gasteiger partial charge in [0, 0.05) is 17.6 Å². The molecule has 2 atom stereocenters. The molecule has 1 aromatic rings. The largest absolute Gasteiger partial charge is 0.416 e. The average molecular weight is 300 g/mol. The smallest absolute Gasteiger partial charge is 0.348 e. The molecule has 1 amide bonds. The molecule has 0 radical (unpaired) electrons.